The number of aryl methyl sites for hydroxylation is 1. The van der Waals surface area contributed by atoms with Gasteiger partial charge in [0, 0.05) is 11.8 Å². The second-order valence-corrected chi connectivity index (χ2v) is 6.05. The third-order valence-corrected chi connectivity index (χ3v) is 4.82. The Kier molecular flexibility index (Phi) is 3.39. The van der Waals surface area contributed by atoms with Crippen LogP contribution in [-0.4, -0.2) is 6.54 Å². The molecule has 92 valence electrons. The van der Waals surface area contributed by atoms with Gasteiger partial charge in [-0.2, -0.15) is 0 Å². The maximum Gasteiger partial charge on any atom is 0.0796 e. The first kappa shape index (κ1) is 11.8. The molecule has 18 heavy (non-hydrogen) atoms. The van der Waals surface area contributed by atoms with E-state index in [1.54, 1.807) is 0 Å². The van der Waals surface area contributed by atoms with Crippen LogP contribution in [0.25, 0.3) is 0 Å². The first-order valence-electron chi connectivity index (χ1n) is 6.33. The maximum absolute atomic E-state index is 3.60. The lowest BCUT2D eigenvalue weighted by Gasteiger charge is -2.11. The van der Waals surface area contributed by atoms with Crippen LogP contribution in [-0.2, 0) is 0 Å². The molecule has 0 aromatic heterocycles. The Hall–Kier alpha value is -1.25. The molecule has 2 aromatic carbocycles. The van der Waals surface area contributed by atoms with Crippen LogP contribution in [0.3, 0.4) is 0 Å². The second-order valence-electron chi connectivity index (χ2n) is 4.73. The molecule has 1 nitrogen and oxygen atoms in total. The molecule has 0 amide bonds. The first-order chi connectivity index (χ1) is 8.83. The van der Waals surface area contributed by atoms with Gasteiger partial charge in [-0.25, -0.2) is 0 Å². The van der Waals surface area contributed by atoms with Crippen LogP contribution in [0.1, 0.15) is 27.3 Å². The van der Waals surface area contributed by atoms with Gasteiger partial charge in [-0.15, -0.1) is 11.8 Å². The van der Waals surface area contributed by atoms with Gasteiger partial charge in [-0.1, -0.05) is 60.2 Å². The van der Waals surface area contributed by atoms with E-state index in [2.05, 4.69) is 66.8 Å². The van der Waals surface area contributed by atoms with Crippen molar-refractivity contribution in [3.63, 3.8) is 0 Å². The van der Waals surface area contributed by atoms with E-state index in [0.717, 1.165) is 6.54 Å². The van der Waals surface area contributed by atoms with Gasteiger partial charge < -0.3 is 5.32 Å². The number of hydrogen-bond acceptors (Lipinski definition) is 2. The van der Waals surface area contributed by atoms with Crippen molar-refractivity contribution in [3.05, 3.63) is 71.3 Å². The first-order valence-corrected chi connectivity index (χ1v) is 7.27. The lowest BCUT2D eigenvalue weighted by atomic mass is 10.1. The van der Waals surface area contributed by atoms with E-state index in [-0.39, 0.29) is 0 Å². The minimum atomic E-state index is 0.428. The average Bonchev–Trinajstić information content (AvgIpc) is 2.90. The monoisotopic (exact) mass is 255 g/mol. The molecule has 1 saturated heterocycles. The van der Waals surface area contributed by atoms with Gasteiger partial charge in [0.2, 0.25) is 0 Å². The van der Waals surface area contributed by atoms with Gasteiger partial charge in [-0.3, -0.25) is 0 Å². The number of nitrogens with one attached hydrogen (secondary N) is 1. The van der Waals surface area contributed by atoms with Crippen molar-refractivity contribution in [2.24, 2.45) is 0 Å². The van der Waals surface area contributed by atoms with Gasteiger partial charge in [0.25, 0.3) is 0 Å². The summed E-state index contributed by atoms with van der Waals surface area (Å²) in [4.78, 5) is 0. The van der Waals surface area contributed by atoms with Crippen LogP contribution in [0, 0.1) is 6.92 Å². The molecule has 0 saturated carbocycles. The highest BCUT2D eigenvalue weighted by Crippen LogP contribution is 2.43. The lowest BCUT2D eigenvalue weighted by molar-refractivity contribution is 0.714. The summed E-state index contributed by atoms with van der Waals surface area (Å²) < 4.78 is 0. The van der Waals surface area contributed by atoms with E-state index >= 15 is 0 Å². The van der Waals surface area contributed by atoms with E-state index < -0.39 is 0 Å². The molecule has 1 N–H and O–H groups in total. The molecular formula is C16H17NS. The maximum atomic E-state index is 3.60. The quantitative estimate of drug-likeness (QED) is 0.868. The summed E-state index contributed by atoms with van der Waals surface area (Å²) in [6, 6.07) is 19.6. The van der Waals surface area contributed by atoms with E-state index in [0.29, 0.717) is 10.6 Å². The Morgan fingerprint density at radius 3 is 2.39 bits per heavy atom. The van der Waals surface area contributed by atoms with Gasteiger partial charge >= 0.3 is 0 Å². The van der Waals surface area contributed by atoms with Crippen molar-refractivity contribution in [2.75, 3.05) is 6.54 Å². The normalized spacial score (nSPS) is 23.2. The molecule has 2 atom stereocenters. The van der Waals surface area contributed by atoms with E-state index in [4.69, 9.17) is 0 Å². The van der Waals surface area contributed by atoms with E-state index in [9.17, 15) is 0 Å². The standard InChI is InChI=1S/C16H17NS/c1-12-7-9-13(10-8-12)15-11-17-16(18-15)14-5-3-2-4-6-14/h2-10,15-17H,11H2,1H3. The third kappa shape index (κ3) is 2.45. The Labute approximate surface area is 113 Å². The number of benzene rings is 2. The van der Waals surface area contributed by atoms with Crippen LogP contribution in [0.2, 0.25) is 0 Å². The van der Waals surface area contributed by atoms with E-state index in [1.807, 2.05) is 11.8 Å². The lowest BCUT2D eigenvalue weighted by Crippen LogP contribution is -2.12. The van der Waals surface area contributed by atoms with Crippen LogP contribution < -0.4 is 5.32 Å². The highest BCUT2D eigenvalue weighted by molar-refractivity contribution is 8.00. The fraction of sp³-hybridized carbons (Fsp3) is 0.250. The highest BCUT2D eigenvalue weighted by Gasteiger charge is 2.26. The van der Waals surface area contributed by atoms with Crippen molar-refractivity contribution in [1.29, 1.82) is 0 Å². The van der Waals surface area contributed by atoms with Crippen LogP contribution in [0.5, 0.6) is 0 Å². The van der Waals surface area contributed by atoms with Crippen LogP contribution in [0.4, 0.5) is 0 Å². The van der Waals surface area contributed by atoms with Crippen LogP contribution >= 0.6 is 11.8 Å². The highest BCUT2D eigenvalue weighted by atomic mass is 32.2. The zero-order chi connectivity index (χ0) is 12.4. The van der Waals surface area contributed by atoms with Gasteiger partial charge in [-0.05, 0) is 18.1 Å². The molecule has 3 rings (SSSR count). The van der Waals surface area contributed by atoms with Gasteiger partial charge in [0.05, 0.1) is 5.37 Å². The number of thioether (sulfide) groups is 1. The van der Waals surface area contributed by atoms with Gasteiger partial charge in [0.1, 0.15) is 0 Å². The molecule has 1 aliphatic heterocycles. The molecule has 2 aromatic rings. The molecule has 0 aliphatic carbocycles. The van der Waals surface area contributed by atoms with Crippen molar-refractivity contribution in [1.82, 2.24) is 5.32 Å². The van der Waals surface area contributed by atoms with Crippen molar-refractivity contribution >= 4 is 11.8 Å². The number of rotatable bonds is 2. The SMILES string of the molecule is Cc1ccc(C2CNC(c3ccccc3)S2)cc1. The minimum absolute atomic E-state index is 0.428. The summed E-state index contributed by atoms with van der Waals surface area (Å²) in [5.41, 5.74) is 4.13. The largest absolute Gasteiger partial charge is 0.300 e. The smallest absolute Gasteiger partial charge is 0.0796 e. The van der Waals surface area contributed by atoms with Crippen molar-refractivity contribution < 1.29 is 0 Å². The Balaban J connectivity index is 1.74. The topological polar surface area (TPSA) is 12.0 Å². The van der Waals surface area contributed by atoms with Crippen molar-refractivity contribution in [3.8, 4) is 0 Å². The molecular weight excluding hydrogens is 238 g/mol. The molecule has 1 aliphatic rings. The summed E-state index contributed by atoms with van der Waals surface area (Å²) in [6.07, 6.45) is 0. The van der Waals surface area contributed by atoms with Gasteiger partial charge in [0.15, 0.2) is 0 Å². The fourth-order valence-corrected chi connectivity index (χ4v) is 3.62. The third-order valence-electron chi connectivity index (χ3n) is 3.34. The molecule has 0 spiro atoms. The van der Waals surface area contributed by atoms with Crippen molar-refractivity contribution in [2.45, 2.75) is 17.5 Å². The molecule has 2 unspecified atom stereocenters. The predicted molar refractivity (Wildman–Crippen MR) is 78.7 cm³/mol. The Bertz CT molecular complexity index is 506. The number of hydrogen-bond donors (Lipinski definition) is 1. The summed E-state index contributed by atoms with van der Waals surface area (Å²) in [5.74, 6) is 0. The molecule has 1 fully saturated rings. The zero-order valence-corrected chi connectivity index (χ0v) is 11.3. The molecule has 0 radical (unpaired) electrons. The predicted octanol–water partition coefficient (Wildman–Crippen LogP) is 4.07. The second kappa shape index (κ2) is 5.17. The average molecular weight is 255 g/mol. The molecule has 2 heteroatoms. The zero-order valence-electron chi connectivity index (χ0n) is 10.5. The summed E-state index contributed by atoms with van der Waals surface area (Å²) in [5, 5.41) is 4.59. The minimum Gasteiger partial charge on any atom is -0.300 e. The molecule has 0 bridgehead atoms. The fourth-order valence-electron chi connectivity index (χ4n) is 2.28. The summed E-state index contributed by atoms with van der Waals surface area (Å²) in [6.45, 7) is 3.18. The summed E-state index contributed by atoms with van der Waals surface area (Å²) >= 11 is 2.01. The van der Waals surface area contributed by atoms with E-state index in [1.165, 1.54) is 16.7 Å². The Morgan fingerprint density at radius 1 is 0.944 bits per heavy atom. The molecule has 1 heterocycles. The Morgan fingerprint density at radius 2 is 1.67 bits per heavy atom. The van der Waals surface area contributed by atoms with Crippen LogP contribution in [0.15, 0.2) is 54.6 Å². The summed E-state index contributed by atoms with van der Waals surface area (Å²) in [7, 11) is 0.